The van der Waals surface area contributed by atoms with Crippen molar-refractivity contribution in [3.8, 4) is 5.75 Å². The Labute approximate surface area is 150 Å². The van der Waals surface area contributed by atoms with Gasteiger partial charge in [-0.05, 0) is 55.6 Å². The molecule has 1 aromatic heterocycles. The van der Waals surface area contributed by atoms with Gasteiger partial charge in [-0.15, -0.1) is 0 Å². The molecule has 2 aromatic rings. The Bertz CT molecular complexity index is 673. The minimum Gasteiger partial charge on any atom is -0.486 e. The van der Waals surface area contributed by atoms with Gasteiger partial charge in [0.25, 0.3) is 0 Å². The minimum atomic E-state index is 0.330. The number of benzene rings is 1. The van der Waals surface area contributed by atoms with E-state index < -0.39 is 0 Å². The summed E-state index contributed by atoms with van der Waals surface area (Å²) in [4.78, 5) is 0. The van der Waals surface area contributed by atoms with Crippen LogP contribution in [0.5, 0.6) is 5.75 Å². The molecule has 2 rings (SSSR count). The summed E-state index contributed by atoms with van der Waals surface area (Å²) in [6.07, 6.45) is 4.58. The Morgan fingerprint density at radius 2 is 1.88 bits per heavy atom. The Morgan fingerprint density at radius 1 is 1.17 bits per heavy atom. The minimum absolute atomic E-state index is 0.330. The summed E-state index contributed by atoms with van der Waals surface area (Å²) < 4.78 is 8.66. The number of aromatic nitrogens is 3. The molecular weight excluding hydrogens is 318 g/mol. The molecule has 0 bridgehead atoms. The van der Waals surface area contributed by atoms with E-state index >= 15 is 0 Å². The van der Waals surface area contributed by atoms with Crippen molar-refractivity contribution in [2.75, 3.05) is 0 Å². The Hall–Kier alpha value is -1.62. The SMILES string of the molecule is CCc1ccc(OCc2n[nH]c(=S)n2[C@H](C)CCCC(C)C)cc1. The van der Waals surface area contributed by atoms with Crippen LogP contribution in [0.3, 0.4) is 0 Å². The highest BCUT2D eigenvalue weighted by atomic mass is 32.1. The van der Waals surface area contributed by atoms with Crippen molar-refractivity contribution in [2.24, 2.45) is 5.92 Å². The third-order valence-corrected chi connectivity index (χ3v) is 4.61. The predicted octanol–water partition coefficient (Wildman–Crippen LogP) is 5.47. The zero-order chi connectivity index (χ0) is 17.5. The van der Waals surface area contributed by atoms with Crippen molar-refractivity contribution >= 4 is 12.2 Å². The van der Waals surface area contributed by atoms with Gasteiger partial charge in [0.05, 0.1) is 0 Å². The molecule has 0 aliphatic carbocycles. The van der Waals surface area contributed by atoms with Crippen LogP contribution >= 0.6 is 12.2 Å². The average Bonchev–Trinajstić information content (AvgIpc) is 2.93. The summed E-state index contributed by atoms with van der Waals surface area (Å²) in [6.45, 7) is 9.29. The number of nitrogens with one attached hydrogen (secondary N) is 1. The van der Waals surface area contributed by atoms with Gasteiger partial charge in [0.2, 0.25) is 0 Å². The number of nitrogens with zero attached hydrogens (tertiary/aromatic N) is 2. The maximum Gasteiger partial charge on any atom is 0.195 e. The van der Waals surface area contributed by atoms with Gasteiger partial charge in [-0.1, -0.05) is 45.7 Å². The lowest BCUT2D eigenvalue weighted by Crippen LogP contribution is -2.12. The molecular formula is C19H29N3OS. The van der Waals surface area contributed by atoms with Crippen LogP contribution in [-0.4, -0.2) is 14.8 Å². The average molecular weight is 348 g/mol. The molecule has 0 saturated carbocycles. The molecule has 1 heterocycles. The van der Waals surface area contributed by atoms with Gasteiger partial charge in [0.15, 0.2) is 10.6 Å². The second-order valence-electron chi connectivity index (χ2n) is 6.77. The highest BCUT2D eigenvalue weighted by Gasteiger charge is 2.13. The van der Waals surface area contributed by atoms with Gasteiger partial charge in [0.1, 0.15) is 12.4 Å². The molecule has 24 heavy (non-hydrogen) atoms. The number of aryl methyl sites for hydroxylation is 1. The maximum absolute atomic E-state index is 5.89. The lowest BCUT2D eigenvalue weighted by Gasteiger charge is -2.16. The van der Waals surface area contributed by atoms with Gasteiger partial charge in [-0.3, -0.25) is 9.67 Å². The Morgan fingerprint density at radius 3 is 2.50 bits per heavy atom. The van der Waals surface area contributed by atoms with Crippen LogP contribution in [0.4, 0.5) is 0 Å². The summed E-state index contributed by atoms with van der Waals surface area (Å²) in [5.74, 6) is 2.46. The number of hydrogen-bond donors (Lipinski definition) is 1. The van der Waals surface area contributed by atoms with Crippen LogP contribution in [0.2, 0.25) is 0 Å². The van der Waals surface area contributed by atoms with Crippen molar-refractivity contribution < 1.29 is 4.74 Å². The second kappa shape index (κ2) is 9.02. The molecule has 0 aliphatic heterocycles. The van der Waals surface area contributed by atoms with Crippen LogP contribution in [0.1, 0.15) is 64.4 Å². The summed E-state index contributed by atoms with van der Waals surface area (Å²) in [5.41, 5.74) is 1.31. The first-order valence-electron chi connectivity index (χ1n) is 8.88. The summed E-state index contributed by atoms with van der Waals surface area (Å²) >= 11 is 5.40. The molecule has 0 aliphatic rings. The normalized spacial score (nSPS) is 12.5. The lowest BCUT2D eigenvalue weighted by atomic mass is 10.0. The summed E-state index contributed by atoms with van der Waals surface area (Å²) in [5, 5.41) is 7.26. The van der Waals surface area contributed by atoms with Gasteiger partial charge in [-0.2, -0.15) is 5.10 Å². The quantitative estimate of drug-likeness (QED) is 0.612. The van der Waals surface area contributed by atoms with E-state index in [4.69, 9.17) is 17.0 Å². The van der Waals surface area contributed by atoms with E-state index in [1.165, 1.54) is 18.4 Å². The van der Waals surface area contributed by atoms with E-state index in [9.17, 15) is 0 Å². The van der Waals surface area contributed by atoms with E-state index in [2.05, 4.69) is 54.6 Å². The van der Waals surface area contributed by atoms with E-state index in [0.29, 0.717) is 17.4 Å². The number of ether oxygens (including phenoxy) is 1. The lowest BCUT2D eigenvalue weighted by molar-refractivity contribution is 0.282. The van der Waals surface area contributed by atoms with Gasteiger partial charge >= 0.3 is 0 Å². The van der Waals surface area contributed by atoms with Crippen molar-refractivity contribution in [1.29, 1.82) is 0 Å². The second-order valence-corrected chi connectivity index (χ2v) is 7.16. The molecule has 1 N–H and O–H groups in total. The fraction of sp³-hybridized carbons (Fsp3) is 0.579. The zero-order valence-corrected chi connectivity index (χ0v) is 16.0. The first-order valence-corrected chi connectivity index (χ1v) is 9.29. The molecule has 1 atom stereocenters. The fourth-order valence-electron chi connectivity index (χ4n) is 2.81. The van der Waals surface area contributed by atoms with Crippen LogP contribution in [-0.2, 0) is 13.0 Å². The zero-order valence-electron chi connectivity index (χ0n) is 15.2. The number of hydrogen-bond acceptors (Lipinski definition) is 3. The van der Waals surface area contributed by atoms with Crippen molar-refractivity contribution in [1.82, 2.24) is 14.8 Å². The van der Waals surface area contributed by atoms with Crippen LogP contribution in [0.15, 0.2) is 24.3 Å². The van der Waals surface area contributed by atoms with Crippen molar-refractivity contribution in [3.05, 3.63) is 40.4 Å². The molecule has 5 heteroatoms. The van der Waals surface area contributed by atoms with Gasteiger partial charge in [-0.25, -0.2) is 0 Å². The monoisotopic (exact) mass is 347 g/mol. The fourth-order valence-corrected chi connectivity index (χ4v) is 3.14. The standard InChI is InChI=1S/C19H29N3OS/c1-5-16-9-11-17(12-10-16)23-13-18-20-21-19(24)22(18)15(4)8-6-7-14(2)3/h9-12,14-15H,5-8,13H2,1-4H3,(H,21,24)/t15-/m1/s1. The first kappa shape index (κ1) is 18.7. The highest BCUT2D eigenvalue weighted by molar-refractivity contribution is 7.71. The molecule has 0 radical (unpaired) electrons. The molecule has 1 aromatic carbocycles. The number of rotatable bonds is 9. The first-order chi connectivity index (χ1) is 11.5. The van der Waals surface area contributed by atoms with Gasteiger partial charge < -0.3 is 4.74 Å². The van der Waals surface area contributed by atoms with Crippen LogP contribution in [0.25, 0.3) is 0 Å². The van der Waals surface area contributed by atoms with Crippen LogP contribution in [0, 0.1) is 10.7 Å². The molecule has 0 saturated heterocycles. The third kappa shape index (κ3) is 5.20. The largest absolute Gasteiger partial charge is 0.486 e. The Balaban J connectivity index is 1.99. The van der Waals surface area contributed by atoms with Crippen molar-refractivity contribution in [2.45, 2.75) is 66.0 Å². The maximum atomic E-state index is 5.89. The van der Waals surface area contributed by atoms with E-state index in [-0.39, 0.29) is 0 Å². The predicted molar refractivity (Wildman–Crippen MR) is 101 cm³/mol. The molecule has 0 amide bonds. The molecule has 0 spiro atoms. The third-order valence-electron chi connectivity index (χ3n) is 4.32. The molecule has 4 nitrogen and oxygen atoms in total. The smallest absolute Gasteiger partial charge is 0.195 e. The molecule has 132 valence electrons. The number of H-pyrrole nitrogens is 1. The highest BCUT2D eigenvalue weighted by Crippen LogP contribution is 2.20. The topological polar surface area (TPSA) is 42.8 Å². The van der Waals surface area contributed by atoms with Gasteiger partial charge in [0, 0.05) is 6.04 Å². The Kier molecular flexibility index (Phi) is 7.03. The van der Waals surface area contributed by atoms with E-state index in [0.717, 1.165) is 30.3 Å². The van der Waals surface area contributed by atoms with Crippen LogP contribution < -0.4 is 4.74 Å². The molecule has 0 unspecified atom stereocenters. The molecule has 0 fully saturated rings. The summed E-state index contributed by atoms with van der Waals surface area (Å²) in [7, 11) is 0. The van der Waals surface area contributed by atoms with E-state index in [1.54, 1.807) is 0 Å². The van der Waals surface area contributed by atoms with E-state index in [1.807, 2.05) is 12.1 Å². The summed E-state index contributed by atoms with van der Waals surface area (Å²) in [6, 6.07) is 8.55. The number of aromatic amines is 1. The van der Waals surface area contributed by atoms with Crippen molar-refractivity contribution in [3.63, 3.8) is 0 Å².